The lowest BCUT2D eigenvalue weighted by atomic mass is 9.95. The molecule has 3 aromatic rings. The molecule has 5 atom stereocenters. The number of carbonyl (C=O) groups is 1. The molecular weight excluding hydrogens is 484 g/mol. The van der Waals surface area contributed by atoms with Crippen LogP contribution in [0.25, 0.3) is 27.6 Å². The van der Waals surface area contributed by atoms with Gasteiger partial charge in [0, 0.05) is 38.2 Å². The van der Waals surface area contributed by atoms with Gasteiger partial charge in [0.25, 0.3) is 5.91 Å². The van der Waals surface area contributed by atoms with Crippen LogP contribution >= 0.6 is 0 Å². The number of nitriles is 1. The number of hydrogen-bond donors (Lipinski definition) is 4. The Morgan fingerprint density at radius 3 is 2.42 bits per heavy atom. The predicted octanol–water partition coefficient (Wildman–Crippen LogP) is 2.54. The lowest BCUT2D eigenvalue weighted by molar-refractivity contribution is -0.247. The van der Waals surface area contributed by atoms with E-state index >= 15 is 0 Å². The summed E-state index contributed by atoms with van der Waals surface area (Å²) in [6, 6.07) is 16.9. The molecule has 9 nitrogen and oxygen atoms in total. The molecule has 4 rings (SSSR count). The first-order valence-electron chi connectivity index (χ1n) is 12.6. The number of aromatic nitrogens is 1. The van der Waals surface area contributed by atoms with E-state index in [1.54, 1.807) is 13.8 Å². The van der Waals surface area contributed by atoms with Gasteiger partial charge >= 0.3 is 0 Å². The van der Waals surface area contributed by atoms with Crippen LogP contribution in [-0.2, 0) is 16.6 Å². The normalized spacial score (nSPS) is 24.0. The number of fused-ring (bicyclic) bond motifs is 1. The Labute approximate surface area is 222 Å². The number of hydrogen-bond acceptors (Lipinski definition) is 7. The number of rotatable bonds is 6. The molecule has 2 aromatic carbocycles. The first-order chi connectivity index (χ1) is 18.1. The summed E-state index contributed by atoms with van der Waals surface area (Å²) in [5.41, 5.74) is 3.96. The molecule has 0 saturated carbocycles. The fourth-order valence-electron chi connectivity index (χ4n) is 4.94. The highest BCUT2D eigenvalue weighted by Gasteiger charge is 2.44. The Morgan fingerprint density at radius 2 is 1.76 bits per heavy atom. The highest BCUT2D eigenvalue weighted by molar-refractivity contribution is 6.04. The molecule has 1 amide bonds. The smallest absolute Gasteiger partial charge is 0.262 e. The molecule has 4 N–H and O–H groups in total. The van der Waals surface area contributed by atoms with Crippen molar-refractivity contribution in [3.63, 3.8) is 0 Å². The summed E-state index contributed by atoms with van der Waals surface area (Å²) in [5.74, 6) is -0.774. The third kappa shape index (κ3) is 5.04. The van der Waals surface area contributed by atoms with Gasteiger partial charge in [0.2, 0.25) is 0 Å². The highest BCUT2D eigenvalue weighted by atomic mass is 16.6. The Balaban J connectivity index is 1.61. The molecule has 1 aliphatic rings. The van der Waals surface area contributed by atoms with E-state index < -0.39 is 36.6 Å². The number of carbonyl (C=O) groups excluding carboxylic acids is 1. The van der Waals surface area contributed by atoms with Crippen molar-refractivity contribution in [1.82, 2.24) is 9.88 Å². The largest absolute Gasteiger partial charge is 0.388 e. The van der Waals surface area contributed by atoms with Crippen molar-refractivity contribution in [2.24, 2.45) is 7.05 Å². The molecule has 38 heavy (non-hydrogen) atoms. The van der Waals surface area contributed by atoms with E-state index in [9.17, 15) is 25.4 Å². The SMILES string of the molecule is CC[C@H]1OC(O)[C@H](NC(=O)/C(C#N)=C(\C)c2ccc(-c3ccc4cc(N(C)C)ccc4c3)n2C)[C@@H](O)[C@@H]1O. The molecule has 1 unspecified atom stereocenters. The summed E-state index contributed by atoms with van der Waals surface area (Å²) in [6.45, 7) is 3.42. The van der Waals surface area contributed by atoms with E-state index in [1.165, 1.54) is 0 Å². The van der Waals surface area contributed by atoms with E-state index in [2.05, 4.69) is 40.5 Å². The van der Waals surface area contributed by atoms with Crippen molar-refractivity contribution in [3.05, 3.63) is 59.8 Å². The number of amides is 1. The minimum absolute atomic E-state index is 0.168. The molecule has 0 spiro atoms. The second-order valence-electron chi connectivity index (χ2n) is 9.87. The summed E-state index contributed by atoms with van der Waals surface area (Å²) in [4.78, 5) is 15.1. The van der Waals surface area contributed by atoms with Gasteiger partial charge in [0.1, 0.15) is 29.9 Å². The van der Waals surface area contributed by atoms with Crippen LogP contribution in [0.4, 0.5) is 5.69 Å². The van der Waals surface area contributed by atoms with Crippen LogP contribution in [0.5, 0.6) is 0 Å². The van der Waals surface area contributed by atoms with Gasteiger partial charge < -0.3 is 34.8 Å². The van der Waals surface area contributed by atoms with Crippen LogP contribution in [0.2, 0.25) is 0 Å². The van der Waals surface area contributed by atoms with E-state index in [4.69, 9.17) is 4.74 Å². The number of aliphatic hydroxyl groups is 3. The third-order valence-electron chi connectivity index (χ3n) is 7.28. The standard InChI is InChI=1S/C29H34N4O5/c1-6-24-26(34)27(35)25(29(37)38-24)31-28(36)21(15-30)16(2)22-11-12-23(33(22)5)19-8-7-18-14-20(32(3)4)10-9-17(18)13-19/h7-14,24-27,29,34-35,37H,6H2,1-5H3,(H,31,36)/b21-16+/t24-,25-,26-,27-,29?/m1/s1. The van der Waals surface area contributed by atoms with Crippen LogP contribution in [-0.4, -0.2) is 70.5 Å². The molecule has 1 fully saturated rings. The molecule has 0 bridgehead atoms. The zero-order valence-electron chi connectivity index (χ0n) is 22.2. The minimum Gasteiger partial charge on any atom is -0.388 e. The second-order valence-corrected chi connectivity index (χ2v) is 9.87. The van der Waals surface area contributed by atoms with Gasteiger partial charge in [-0.15, -0.1) is 0 Å². The van der Waals surface area contributed by atoms with Gasteiger partial charge in [-0.1, -0.05) is 25.1 Å². The quantitative estimate of drug-likeness (QED) is 0.291. The number of anilines is 1. The van der Waals surface area contributed by atoms with Gasteiger partial charge in [-0.3, -0.25) is 4.79 Å². The van der Waals surface area contributed by atoms with Gasteiger partial charge in [-0.05, 0) is 65.6 Å². The van der Waals surface area contributed by atoms with Gasteiger partial charge in [-0.2, -0.15) is 5.26 Å². The van der Waals surface area contributed by atoms with Crippen LogP contribution in [0, 0.1) is 11.3 Å². The average Bonchev–Trinajstić information content (AvgIpc) is 3.29. The number of nitrogens with zero attached hydrogens (tertiary/aromatic N) is 3. The predicted molar refractivity (Wildman–Crippen MR) is 146 cm³/mol. The molecule has 0 aliphatic carbocycles. The Bertz CT molecular complexity index is 1420. The van der Waals surface area contributed by atoms with Crippen LogP contribution in [0.3, 0.4) is 0 Å². The summed E-state index contributed by atoms with van der Waals surface area (Å²) in [7, 11) is 5.87. The second kappa shape index (κ2) is 11.0. The van der Waals surface area contributed by atoms with E-state index in [0.717, 1.165) is 27.7 Å². The Kier molecular flexibility index (Phi) is 7.90. The van der Waals surface area contributed by atoms with Crippen molar-refractivity contribution in [2.75, 3.05) is 19.0 Å². The third-order valence-corrected chi connectivity index (χ3v) is 7.28. The minimum atomic E-state index is -1.52. The number of benzene rings is 2. The van der Waals surface area contributed by atoms with Crippen molar-refractivity contribution >= 4 is 27.9 Å². The summed E-state index contributed by atoms with van der Waals surface area (Å²) >= 11 is 0. The van der Waals surface area contributed by atoms with Crippen molar-refractivity contribution in [2.45, 2.75) is 50.9 Å². The average molecular weight is 519 g/mol. The Morgan fingerprint density at radius 1 is 1.08 bits per heavy atom. The Hall–Kier alpha value is -3.68. The summed E-state index contributed by atoms with van der Waals surface area (Å²) in [5, 5.41) is 45.5. The number of allylic oxidation sites excluding steroid dienone is 1. The van der Waals surface area contributed by atoms with Gasteiger partial charge in [0.05, 0.1) is 6.10 Å². The maximum atomic E-state index is 13.1. The molecule has 0 radical (unpaired) electrons. The monoisotopic (exact) mass is 518 g/mol. The van der Waals surface area contributed by atoms with Crippen LogP contribution < -0.4 is 10.2 Å². The molecule has 2 heterocycles. The molecule has 1 aliphatic heterocycles. The summed E-state index contributed by atoms with van der Waals surface area (Å²) < 4.78 is 7.25. The molecule has 1 saturated heterocycles. The van der Waals surface area contributed by atoms with Crippen molar-refractivity contribution in [1.29, 1.82) is 5.26 Å². The van der Waals surface area contributed by atoms with Gasteiger partial charge in [0.15, 0.2) is 6.29 Å². The lowest BCUT2D eigenvalue weighted by Crippen LogP contribution is -2.63. The van der Waals surface area contributed by atoms with E-state index in [-0.39, 0.29) is 5.57 Å². The molecular formula is C29H34N4O5. The van der Waals surface area contributed by atoms with Crippen molar-refractivity contribution in [3.8, 4) is 17.3 Å². The maximum Gasteiger partial charge on any atom is 0.262 e. The first-order valence-corrected chi connectivity index (χ1v) is 12.6. The lowest BCUT2D eigenvalue weighted by Gasteiger charge is -2.40. The zero-order chi connectivity index (χ0) is 27.7. The fourth-order valence-corrected chi connectivity index (χ4v) is 4.94. The maximum absolute atomic E-state index is 13.1. The first kappa shape index (κ1) is 27.4. The highest BCUT2D eigenvalue weighted by Crippen LogP contribution is 2.31. The topological polar surface area (TPSA) is 131 Å². The van der Waals surface area contributed by atoms with Gasteiger partial charge in [-0.25, -0.2) is 0 Å². The number of nitrogens with one attached hydrogen (secondary N) is 1. The number of aliphatic hydroxyl groups excluding tert-OH is 3. The zero-order valence-corrected chi connectivity index (χ0v) is 22.2. The van der Waals surface area contributed by atoms with Crippen LogP contribution in [0.15, 0.2) is 54.1 Å². The van der Waals surface area contributed by atoms with E-state index in [0.29, 0.717) is 17.7 Å². The molecule has 1 aromatic heterocycles. The number of ether oxygens (including phenoxy) is 1. The molecule has 200 valence electrons. The van der Waals surface area contributed by atoms with Crippen LogP contribution in [0.1, 0.15) is 26.0 Å². The molecule has 9 heteroatoms. The fraction of sp³-hybridized carbons (Fsp3) is 0.379. The van der Waals surface area contributed by atoms with E-state index in [1.807, 2.05) is 50.0 Å². The van der Waals surface area contributed by atoms with Crippen molar-refractivity contribution < 1.29 is 24.9 Å². The summed E-state index contributed by atoms with van der Waals surface area (Å²) in [6.07, 6.45) is -4.63.